The molecule has 2 aromatic carbocycles. The zero-order chi connectivity index (χ0) is 19.2. The minimum Gasteiger partial charge on any atom is -0.381 e. The van der Waals surface area contributed by atoms with Gasteiger partial charge in [-0.05, 0) is 36.5 Å². The summed E-state index contributed by atoms with van der Waals surface area (Å²) in [5.74, 6) is 0.467. The predicted molar refractivity (Wildman–Crippen MR) is 111 cm³/mol. The number of rotatable bonds is 5. The smallest absolute Gasteiger partial charge is 0.322 e. The fourth-order valence-corrected chi connectivity index (χ4v) is 3.66. The molecule has 0 aliphatic carbocycles. The molecular weight excluding hydrogens is 350 g/mol. The van der Waals surface area contributed by atoms with Crippen LogP contribution in [-0.2, 0) is 11.3 Å². The van der Waals surface area contributed by atoms with E-state index in [0.29, 0.717) is 12.5 Å². The largest absolute Gasteiger partial charge is 0.381 e. The lowest BCUT2D eigenvalue weighted by atomic mass is 9.99. The van der Waals surface area contributed by atoms with Gasteiger partial charge in [0, 0.05) is 37.9 Å². The SMILES string of the molecule is O=C(Nc1cccc2cccnc12)N(Cc1ccccc1)CC1CCOCC1. The second kappa shape index (κ2) is 8.85. The highest BCUT2D eigenvalue weighted by Gasteiger charge is 2.22. The number of hydrogen-bond donors (Lipinski definition) is 1. The summed E-state index contributed by atoms with van der Waals surface area (Å²) in [6.45, 7) is 2.86. The number of nitrogens with one attached hydrogen (secondary N) is 1. The van der Waals surface area contributed by atoms with Crippen molar-refractivity contribution in [2.75, 3.05) is 25.1 Å². The lowest BCUT2D eigenvalue weighted by molar-refractivity contribution is 0.0564. The Labute approximate surface area is 165 Å². The zero-order valence-electron chi connectivity index (χ0n) is 15.9. The normalized spacial score (nSPS) is 14.7. The average Bonchev–Trinajstić information content (AvgIpc) is 2.75. The van der Waals surface area contributed by atoms with E-state index in [9.17, 15) is 4.79 Å². The summed E-state index contributed by atoms with van der Waals surface area (Å²) in [6, 6.07) is 19.8. The van der Waals surface area contributed by atoms with Crippen molar-refractivity contribution in [3.63, 3.8) is 0 Å². The van der Waals surface area contributed by atoms with Gasteiger partial charge < -0.3 is 15.0 Å². The van der Waals surface area contributed by atoms with Gasteiger partial charge >= 0.3 is 6.03 Å². The Hall–Kier alpha value is -2.92. The van der Waals surface area contributed by atoms with Crippen molar-refractivity contribution in [2.45, 2.75) is 19.4 Å². The first-order valence-electron chi connectivity index (χ1n) is 9.81. The van der Waals surface area contributed by atoms with Crippen molar-refractivity contribution in [2.24, 2.45) is 5.92 Å². The molecule has 2 heterocycles. The van der Waals surface area contributed by atoms with Crippen LogP contribution in [0.1, 0.15) is 18.4 Å². The molecule has 0 unspecified atom stereocenters. The molecule has 1 aromatic heterocycles. The minimum absolute atomic E-state index is 0.0894. The van der Waals surface area contributed by atoms with Crippen LogP contribution in [0.5, 0.6) is 0 Å². The highest BCUT2D eigenvalue weighted by atomic mass is 16.5. The van der Waals surface area contributed by atoms with E-state index < -0.39 is 0 Å². The van der Waals surface area contributed by atoms with Crippen LogP contribution in [0.25, 0.3) is 10.9 Å². The molecule has 1 saturated heterocycles. The Morgan fingerprint density at radius 1 is 1.04 bits per heavy atom. The van der Waals surface area contributed by atoms with Crippen molar-refractivity contribution in [1.29, 1.82) is 0 Å². The minimum atomic E-state index is -0.0894. The van der Waals surface area contributed by atoms with Crippen LogP contribution in [-0.4, -0.2) is 35.7 Å². The van der Waals surface area contributed by atoms with E-state index in [1.165, 1.54) is 0 Å². The number of hydrogen-bond acceptors (Lipinski definition) is 3. The maximum absolute atomic E-state index is 13.2. The maximum Gasteiger partial charge on any atom is 0.322 e. The van der Waals surface area contributed by atoms with Gasteiger partial charge in [-0.15, -0.1) is 0 Å². The number of fused-ring (bicyclic) bond motifs is 1. The Kier molecular flexibility index (Phi) is 5.83. The number of anilines is 1. The van der Waals surface area contributed by atoms with Crippen LogP contribution in [0.4, 0.5) is 10.5 Å². The molecule has 5 nitrogen and oxygen atoms in total. The number of para-hydroxylation sites is 1. The first-order chi connectivity index (χ1) is 13.8. The lowest BCUT2D eigenvalue weighted by Gasteiger charge is -2.30. The summed E-state index contributed by atoms with van der Waals surface area (Å²) in [7, 11) is 0. The number of nitrogens with zero attached hydrogens (tertiary/aromatic N) is 2. The number of carbonyl (C=O) groups is 1. The number of urea groups is 1. The van der Waals surface area contributed by atoms with Gasteiger partial charge in [0.15, 0.2) is 0 Å². The summed E-state index contributed by atoms with van der Waals surface area (Å²) < 4.78 is 5.48. The standard InChI is InChI=1S/C23H25N3O2/c27-23(25-21-10-4-8-20-9-5-13-24-22(20)21)26(16-18-6-2-1-3-7-18)17-19-11-14-28-15-12-19/h1-10,13,19H,11-12,14-17H2,(H,25,27). The van der Waals surface area contributed by atoms with Gasteiger partial charge in [0.1, 0.15) is 0 Å². The summed E-state index contributed by atoms with van der Waals surface area (Å²) in [5.41, 5.74) is 2.68. The third kappa shape index (κ3) is 4.49. The molecule has 144 valence electrons. The second-order valence-corrected chi connectivity index (χ2v) is 7.23. The Morgan fingerprint density at radius 3 is 2.64 bits per heavy atom. The van der Waals surface area contributed by atoms with Crippen LogP contribution in [0.2, 0.25) is 0 Å². The van der Waals surface area contributed by atoms with Gasteiger partial charge in [-0.25, -0.2) is 4.79 Å². The molecule has 0 saturated carbocycles. The Balaban J connectivity index is 1.54. The van der Waals surface area contributed by atoms with Crippen LogP contribution < -0.4 is 5.32 Å². The van der Waals surface area contributed by atoms with Gasteiger partial charge in [-0.3, -0.25) is 4.98 Å². The first kappa shape index (κ1) is 18.4. The summed E-state index contributed by atoms with van der Waals surface area (Å²) >= 11 is 0. The van der Waals surface area contributed by atoms with Gasteiger partial charge in [-0.2, -0.15) is 0 Å². The number of carbonyl (C=O) groups excluding carboxylic acids is 1. The molecule has 5 heteroatoms. The fraction of sp³-hybridized carbons (Fsp3) is 0.304. The molecule has 1 aliphatic heterocycles. The van der Waals surface area contributed by atoms with Gasteiger partial charge in [-0.1, -0.05) is 48.5 Å². The highest BCUT2D eigenvalue weighted by molar-refractivity contribution is 5.99. The van der Waals surface area contributed by atoms with E-state index in [4.69, 9.17) is 4.74 Å². The molecule has 2 amide bonds. The monoisotopic (exact) mass is 375 g/mol. The van der Waals surface area contributed by atoms with Crippen molar-refractivity contribution in [3.8, 4) is 0 Å². The second-order valence-electron chi connectivity index (χ2n) is 7.23. The average molecular weight is 375 g/mol. The highest BCUT2D eigenvalue weighted by Crippen LogP contribution is 2.23. The lowest BCUT2D eigenvalue weighted by Crippen LogP contribution is -2.39. The van der Waals surface area contributed by atoms with Crippen molar-refractivity contribution in [3.05, 3.63) is 72.4 Å². The van der Waals surface area contributed by atoms with Crippen LogP contribution in [0, 0.1) is 5.92 Å². The molecule has 0 atom stereocenters. The molecule has 0 radical (unpaired) electrons. The quantitative estimate of drug-likeness (QED) is 0.703. The molecule has 1 N–H and O–H groups in total. The van der Waals surface area contributed by atoms with Crippen molar-refractivity contribution >= 4 is 22.6 Å². The summed E-state index contributed by atoms with van der Waals surface area (Å²) in [6.07, 6.45) is 3.74. The number of amides is 2. The summed E-state index contributed by atoms with van der Waals surface area (Å²) in [4.78, 5) is 19.5. The van der Waals surface area contributed by atoms with E-state index in [0.717, 1.165) is 54.8 Å². The van der Waals surface area contributed by atoms with Gasteiger partial charge in [0.05, 0.1) is 11.2 Å². The van der Waals surface area contributed by atoms with Gasteiger partial charge in [0.2, 0.25) is 0 Å². The van der Waals surface area contributed by atoms with Crippen LogP contribution in [0.15, 0.2) is 66.9 Å². The van der Waals surface area contributed by atoms with E-state index >= 15 is 0 Å². The molecule has 1 fully saturated rings. The van der Waals surface area contributed by atoms with Crippen LogP contribution >= 0.6 is 0 Å². The Morgan fingerprint density at radius 2 is 1.82 bits per heavy atom. The van der Waals surface area contributed by atoms with Crippen LogP contribution in [0.3, 0.4) is 0 Å². The summed E-state index contributed by atoms with van der Waals surface area (Å²) in [5, 5.41) is 4.10. The third-order valence-corrected chi connectivity index (χ3v) is 5.20. The van der Waals surface area contributed by atoms with Crippen molar-refractivity contribution in [1.82, 2.24) is 9.88 Å². The Bertz CT molecular complexity index is 918. The molecular formula is C23H25N3O2. The third-order valence-electron chi connectivity index (χ3n) is 5.20. The van der Waals surface area contributed by atoms with Crippen molar-refractivity contribution < 1.29 is 9.53 Å². The predicted octanol–water partition coefficient (Wildman–Crippen LogP) is 4.70. The molecule has 28 heavy (non-hydrogen) atoms. The van der Waals surface area contributed by atoms with E-state index in [2.05, 4.69) is 22.4 Å². The molecule has 1 aliphatic rings. The molecule has 0 spiro atoms. The number of pyridine rings is 1. The topological polar surface area (TPSA) is 54.5 Å². The number of aromatic nitrogens is 1. The first-order valence-corrected chi connectivity index (χ1v) is 9.81. The maximum atomic E-state index is 13.2. The number of benzene rings is 2. The van der Waals surface area contributed by atoms with E-state index in [1.807, 2.05) is 53.4 Å². The molecule has 3 aromatic rings. The van der Waals surface area contributed by atoms with E-state index in [-0.39, 0.29) is 6.03 Å². The molecule has 0 bridgehead atoms. The number of ether oxygens (including phenoxy) is 1. The van der Waals surface area contributed by atoms with Gasteiger partial charge in [0.25, 0.3) is 0 Å². The van der Waals surface area contributed by atoms with E-state index in [1.54, 1.807) is 6.20 Å². The molecule has 4 rings (SSSR count). The fourth-order valence-electron chi connectivity index (χ4n) is 3.66. The zero-order valence-corrected chi connectivity index (χ0v) is 15.9.